The molecule has 0 amide bonds. The van der Waals surface area contributed by atoms with E-state index in [0.717, 1.165) is 53.9 Å². The second kappa shape index (κ2) is 8.09. The molecule has 11 nitrogen and oxygen atoms in total. The Morgan fingerprint density at radius 2 is 1.78 bits per heavy atom. The van der Waals surface area contributed by atoms with Crippen molar-refractivity contribution < 1.29 is 21.6 Å². The van der Waals surface area contributed by atoms with Crippen molar-refractivity contribution in [1.82, 2.24) is 43.9 Å². The maximum atomic E-state index is 13.5. The standard InChI is InChI=1S/C21H18F3N9O2S/c22-21(23,24)18-1-2-19-27-11-20(32(19)30-18)36(34,35)33-17-7-13(8-26-16(17)10-29-33)14-9-28-31(12-14)15-3-5-25-6-4-15/h1-2,7-12,15,25H,3-6H2. The van der Waals surface area contributed by atoms with Crippen LogP contribution in [-0.4, -0.2) is 60.1 Å². The minimum Gasteiger partial charge on any atom is -0.317 e. The summed E-state index contributed by atoms with van der Waals surface area (Å²) in [5.41, 5.74) is 0.524. The Morgan fingerprint density at radius 3 is 2.56 bits per heavy atom. The number of imidazole rings is 1. The molecule has 0 aliphatic carbocycles. The number of nitrogens with one attached hydrogen (secondary N) is 1. The smallest absolute Gasteiger partial charge is 0.317 e. The maximum Gasteiger partial charge on any atom is 0.435 e. The van der Waals surface area contributed by atoms with Crippen molar-refractivity contribution >= 4 is 26.7 Å². The summed E-state index contributed by atoms with van der Waals surface area (Å²) in [6, 6.07) is 3.67. The van der Waals surface area contributed by atoms with Gasteiger partial charge in [-0.2, -0.15) is 45.5 Å². The summed E-state index contributed by atoms with van der Waals surface area (Å²) in [5, 5.41) is 14.6. The van der Waals surface area contributed by atoms with Crippen LogP contribution in [0.25, 0.3) is 27.8 Å². The lowest BCUT2D eigenvalue weighted by molar-refractivity contribution is -0.142. The van der Waals surface area contributed by atoms with Crippen LogP contribution in [0.1, 0.15) is 24.6 Å². The van der Waals surface area contributed by atoms with E-state index < -0.39 is 26.9 Å². The molecule has 5 aromatic rings. The molecule has 0 spiro atoms. The average molecular weight is 517 g/mol. The molecule has 0 unspecified atom stereocenters. The van der Waals surface area contributed by atoms with E-state index in [-0.39, 0.29) is 17.2 Å². The first-order valence-electron chi connectivity index (χ1n) is 11.0. The van der Waals surface area contributed by atoms with Gasteiger partial charge in [-0.15, -0.1) is 0 Å². The van der Waals surface area contributed by atoms with Crippen LogP contribution in [-0.2, 0) is 16.2 Å². The van der Waals surface area contributed by atoms with Gasteiger partial charge < -0.3 is 5.32 Å². The normalized spacial score (nSPS) is 15.8. The number of hydrogen-bond donors (Lipinski definition) is 1. The van der Waals surface area contributed by atoms with E-state index in [0.29, 0.717) is 15.6 Å². The lowest BCUT2D eigenvalue weighted by Crippen LogP contribution is -2.29. The van der Waals surface area contributed by atoms with E-state index in [1.165, 1.54) is 6.20 Å². The fourth-order valence-electron chi connectivity index (χ4n) is 4.26. The summed E-state index contributed by atoms with van der Waals surface area (Å²) < 4.78 is 69.7. The minimum atomic E-state index is -4.75. The second-order valence-electron chi connectivity index (χ2n) is 8.39. The minimum absolute atomic E-state index is 0.0535. The highest BCUT2D eigenvalue weighted by molar-refractivity contribution is 7.90. The molecular weight excluding hydrogens is 499 g/mol. The number of aromatic nitrogens is 8. The van der Waals surface area contributed by atoms with Crippen LogP contribution < -0.4 is 5.32 Å². The van der Waals surface area contributed by atoms with E-state index in [9.17, 15) is 21.6 Å². The number of piperidine rings is 1. The van der Waals surface area contributed by atoms with Crippen molar-refractivity contribution in [2.75, 3.05) is 13.1 Å². The zero-order valence-corrected chi connectivity index (χ0v) is 19.3. The fourth-order valence-corrected chi connectivity index (χ4v) is 5.55. The monoisotopic (exact) mass is 517 g/mol. The van der Waals surface area contributed by atoms with E-state index in [2.05, 4.69) is 30.6 Å². The van der Waals surface area contributed by atoms with Gasteiger partial charge in [-0.3, -0.25) is 9.67 Å². The molecule has 1 N–H and O–H groups in total. The third-order valence-corrected chi connectivity index (χ3v) is 7.67. The van der Waals surface area contributed by atoms with Crippen LogP contribution >= 0.6 is 0 Å². The topological polar surface area (TPSA) is 125 Å². The molecule has 1 aliphatic rings. The van der Waals surface area contributed by atoms with E-state index >= 15 is 0 Å². The van der Waals surface area contributed by atoms with Crippen molar-refractivity contribution in [1.29, 1.82) is 0 Å². The maximum absolute atomic E-state index is 13.5. The molecule has 0 radical (unpaired) electrons. The Bertz CT molecular complexity index is 1700. The summed E-state index contributed by atoms with van der Waals surface area (Å²) in [5.74, 6) is 0. The van der Waals surface area contributed by atoms with Gasteiger partial charge >= 0.3 is 16.2 Å². The zero-order chi connectivity index (χ0) is 25.1. The number of pyridine rings is 1. The van der Waals surface area contributed by atoms with Crippen molar-refractivity contribution in [3.8, 4) is 11.1 Å². The van der Waals surface area contributed by atoms with Gasteiger partial charge in [0.2, 0.25) is 0 Å². The number of nitrogens with zero attached hydrogens (tertiary/aromatic N) is 8. The Kier molecular flexibility index (Phi) is 5.08. The van der Waals surface area contributed by atoms with E-state index in [4.69, 9.17) is 0 Å². The first kappa shape index (κ1) is 22.6. The second-order valence-corrected chi connectivity index (χ2v) is 10.1. The zero-order valence-electron chi connectivity index (χ0n) is 18.5. The van der Waals surface area contributed by atoms with Crippen molar-refractivity contribution in [2.24, 2.45) is 0 Å². The van der Waals surface area contributed by atoms with Crippen LogP contribution in [0.4, 0.5) is 13.2 Å². The number of fused-ring (bicyclic) bond motifs is 2. The molecule has 0 atom stereocenters. The van der Waals surface area contributed by atoms with Gasteiger partial charge in [-0.1, -0.05) is 0 Å². The molecule has 1 fully saturated rings. The van der Waals surface area contributed by atoms with Crippen LogP contribution in [0.2, 0.25) is 0 Å². The van der Waals surface area contributed by atoms with Gasteiger partial charge in [0.1, 0.15) is 11.0 Å². The first-order valence-corrected chi connectivity index (χ1v) is 12.4. The van der Waals surface area contributed by atoms with Gasteiger partial charge in [0.25, 0.3) is 0 Å². The SMILES string of the molecule is O=S(=O)(c1cnc2ccc(C(F)(F)F)nn12)n1ncc2ncc(-c3cnn(C4CCNCC4)c3)cc21. The number of alkyl halides is 3. The highest BCUT2D eigenvalue weighted by Crippen LogP contribution is 2.29. The first-order chi connectivity index (χ1) is 17.2. The van der Waals surface area contributed by atoms with E-state index in [1.54, 1.807) is 18.5 Å². The molecule has 6 heterocycles. The predicted octanol–water partition coefficient (Wildman–Crippen LogP) is 2.52. The number of hydrogen-bond acceptors (Lipinski definition) is 8. The predicted molar refractivity (Wildman–Crippen MR) is 120 cm³/mol. The largest absolute Gasteiger partial charge is 0.435 e. The molecule has 6 rings (SSSR count). The van der Waals surface area contributed by atoms with Crippen LogP contribution in [0.15, 0.2) is 54.2 Å². The van der Waals surface area contributed by atoms with Crippen molar-refractivity contribution in [3.63, 3.8) is 0 Å². The number of rotatable bonds is 4. The van der Waals surface area contributed by atoms with Gasteiger partial charge in [-0.05, 0) is 44.1 Å². The molecular formula is C21H18F3N9O2S. The highest BCUT2D eigenvalue weighted by Gasteiger charge is 2.34. The van der Waals surface area contributed by atoms with Crippen molar-refractivity contribution in [3.05, 3.63) is 54.9 Å². The van der Waals surface area contributed by atoms with Crippen LogP contribution in [0, 0.1) is 0 Å². The molecule has 186 valence electrons. The summed E-state index contributed by atoms with van der Waals surface area (Å²) >= 11 is 0. The van der Waals surface area contributed by atoms with Crippen LogP contribution in [0.3, 0.4) is 0 Å². The quantitative estimate of drug-likeness (QED) is 0.386. The van der Waals surface area contributed by atoms with Gasteiger partial charge in [0.15, 0.2) is 16.4 Å². The third-order valence-electron chi connectivity index (χ3n) is 6.12. The lowest BCUT2D eigenvalue weighted by atomic mass is 10.1. The summed E-state index contributed by atoms with van der Waals surface area (Å²) in [6.45, 7) is 1.82. The van der Waals surface area contributed by atoms with Crippen molar-refractivity contribution in [2.45, 2.75) is 30.1 Å². The summed E-state index contributed by atoms with van der Waals surface area (Å²) in [6.07, 6.45) is 4.54. The molecule has 1 aliphatic heterocycles. The van der Waals surface area contributed by atoms with Gasteiger partial charge in [0.05, 0.1) is 24.6 Å². The molecule has 1 saturated heterocycles. The van der Waals surface area contributed by atoms with Crippen LogP contribution in [0.5, 0.6) is 0 Å². The summed E-state index contributed by atoms with van der Waals surface area (Å²) in [4.78, 5) is 8.21. The van der Waals surface area contributed by atoms with Gasteiger partial charge in [0, 0.05) is 23.5 Å². The molecule has 36 heavy (non-hydrogen) atoms. The average Bonchev–Trinajstić information content (AvgIpc) is 3.61. The molecule has 5 aromatic heterocycles. The fraction of sp³-hybridized carbons (Fsp3) is 0.286. The third kappa shape index (κ3) is 3.71. The Labute approximate surface area is 201 Å². The number of halogens is 3. The van der Waals surface area contributed by atoms with E-state index in [1.807, 2.05) is 10.9 Å². The highest BCUT2D eigenvalue weighted by atomic mass is 32.2. The molecule has 0 saturated carbocycles. The lowest BCUT2D eigenvalue weighted by Gasteiger charge is -2.22. The summed E-state index contributed by atoms with van der Waals surface area (Å²) in [7, 11) is -4.47. The molecule has 0 aromatic carbocycles. The Hall–Kier alpha value is -3.85. The molecule has 15 heteroatoms. The molecule has 0 bridgehead atoms. The Morgan fingerprint density at radius 1 is 0.972 bits per heavy atom. The Balaban J connectivity index is 1.42. The van der Waals surface area contributed by atoms with Gasteiger partial charge in [-0.25, -0.2) is 4.98 Å².